The first-order valence-electron chi connectivity index (χ1n) is 12.7. The zero-order valence-electron chi connectivity index (χ0n) is 22.8. The first-order chi connectivity index (χ1) is 15.1. The van der Waals surface area contributed by atoms with Crippen molar-refractivity contribution in [1.29, 1.82) is 0 Å². The van der Waals surface area contributed by atoms with Crippen LogP contribution < -0.4 is 0 Å². The summed E-state index contributed by atoms with van der Waals surface area (Å²) < 4.78 is 21.6. The van der Waals surface area contributed by atoms with Crippen LogP contribution in [0.4, 0.5) is 0 Å². The van der Waals surface area contributed by atoms with Gasteiger partial charge >= 0.3 is 0 Å². The monoisotopic (exact) mass is 461 g/mol. The van der Waals surface area contributed by atoms with Crippen LogP contribution >= 0.6 is 0 Å². The molecule has 0 unspecified atom stereocenters. The molecule has 6 heteroatoms. The average molecular weight is 462 g/mol. The Morgan fingerprint density at radius 1 is 0.656 bits per heavy atom. The highest BCUT2D eigenvalue weighted by Crippen LogP contribution is 2.05. The van der Waals surface area contributed by atoms with Gasteiger partial charge in [0.05, 0.1) is 38.6 Å². The molecule has 6 nitrogen and oxygen atoms in total. The van der Waals surface area contributed by atoms with E-state index in [9.17, 15) is 4.79 Å². The maximum Gasteiger partial charge on any atom is 0.222 e. The molecule has 0 atom stereocenters. The summed E-state index contributed by atoms with van der Waals surface area (Å²) in [5, 5.41) is 0. The molecule has 0 aromatic heterocycles. The lowest BCUT2D eigenvalue weighted by Crippen LogP contribution is -2.28. The zero-order valence-corrected chi connectivity index (χ0v) is 22.8. The molecule has 0 heterocycles. The number of carbonyl (C=O) groups excluding carboxylic acids is 1. The van der Waals surface area contributed by atoms with Gasteiger partial charge in [0.15, 0.2) is 0 Å². The van der Waals surface area contributed by atoms with Gasteiger partial charge in [0.1, 0.15) is 0 Å². The molecule has 0 rings (SSSR count). The standard InChI is InChI=1S/C14H29NO2.C12H26O3/c1-12(2)11-14(16)15(5)9-7-6-8-10-17-13(3)4;1-11(2)5-6-13-7-8-14-9-10-15-12(3)4/h12-13H,6-11H2,1-5H3;11-12H,5-10H2,1-4H3. The molecule has 0 fully saturated rings. The van der Waals surface area contributed by atoms with Crippen LogP contribution in [0.2, 0.25) is 0 Å². The van der Waals surface area contributed by atoms with Gasteiger partial charge < -0.3 is 23.8 Å². The van der Waals surface area contributed by atoms with Gasteiger partial charge in [-0.1, -0.05) is 27.7 Å². The third-order valence-corrected chi connectivity index (χ3v) is 4.49. The summed E-state index contributed by atoms with van der Waals surface area (Å²) in [7, 11) is 1.90. The first-order valence-corrected chi connectivity index (χ1v) is 12.7. The van der Waals surface area contributed by atoms with E-state index in [4.69, 9.17) is 18.9 Å². The largest absolute Gasteiger partial charge is 0.379 e. The highest BCUT2D eigenvalue weighted by Gasteiger charge is 2.09. The van der Waals surface area contributed by atoms with Gasteiger partial charge in [0.25, 0.3) is 0 Å². The smallest absolute Gasteiger partial charge is 0.222 e. The SMILES string of the molecule is CC(C)CC(=O)N(C)CCCCCOC(C)C.CC(C)CCOCCOCCOC(C)C. The molecule has 0 aliphatic carbocycles. The maximum atomic E-state index is 11.7. The van der Waals surface area contributed by atoms with Crippen molar-refractivity contribution in [2.45, 2.75) is 99.7 Å². The van der Waals surface area contributed by atoms with E-state index < -0.39 is 0 Å². The molecule has 0 N–H and O–H groups in total. The third-order valence-electron chi connectivity index (χ3n) is 4.49. The van der Waals surface area contributed by atoms with Gasteiger partial charge in [-0.25, -0.2) is 0 Å². The molecule has 0 saturated carbocycles. The predicted molar refractivity (Wildman–Crippen MR) is 134 cm³/mol. The molecule has 0 aromatic rings. The molecule has 194 valence electrons. The molecule has 0 radical (unpaired) electrons. The van der Waals surface area contributed by atoms with Gasteiger partial charge in [-0.3, -0.25) is 4.79 Å². The molecule has 0 aromatic carbocycles. The Balaban J connectivity index is 0. The molecule has 0 aliphatic heterocycles. The average Bonchev–Trinajstić information content (AvgIpc) is 2.68. The summed E-state index contributed by atoms with van der Waals surface area (Å²) in [6.45, 7) is 21.9. The minimum atomic E-state index is 0.262. The number of rotatable bonds is 19. The molecule has 0 spiro atoms. The van der Waals surface area contributed by atoms with Crippen molar-refractivity contribution in [2.75, 3.05) is 53.2 Å². The van der Waals surface area contributed by atoms with E-state index >= 15 is 0 Å². The Hall–Kier alpha value is -0.690. The molecule has 0 saturated heterocycles. The Morgan fingerprint density at radius 3 is 1.72 bits per heavy atom. The van der Waals surface area contributed by atoms with Crippen LogP contribution in [0.1, 0.15) is 87.5 Å². The van der Waals surface area contributed by atoms with E-state index in [1.165, 1.54) is 0 Å². The van der Waals surface area contributed by atoms with Crippen molar-refractivity contribution >= 4 is 5.91 Å². The molecule has 1 amide bonds. The topological polar surface area (TPSA) is 57.2 Å². The van der Waals surface area contributed by atoms with Crippen LogP contribution in [0.15, 0.2) is 0 Å². The first kappa shape index (κ1) is 33.5. The van der Waals surface area contributed by atoms with E-state index in [0.29, 0.717) is 50.8 Å². The number of hydrogen-bond donors (Lipinski definition) is 0. The van der Waals surface area contributed by atoms with Crippen molar-refractivity contribution in [3.63, 3.8) is 0 Å². The number of unbranched alkanes of at least 4 members (excludes halogenated alkanes) is 2. The third kappa shape index (κ3) is 29.3. The summed E-state index contributed by atoms with van der Waals surface area (Å²) in [6, 6.07) is 0. The van der Waals surface area contributed by atoms with E-state index in [-0.39, 0.29) is 12.0 Å². The lowest BCUT2D eigenvalue weighted by molar-refractivity contribution is -0.130. The minimum Gasteiger partial charge on any atom is -0.379 e. The quantitative estimate of drug-likeness (QED) is 0.235. The summed E-state index contributed by atoms with van der Waals surface area (Å²) in [5.74, 6) is 1.42. The van der Waals surface area contributed by atoms with Gasteiger partial charge in [0, 0.05) is 33.2 Å². The Morgan fingerprint density at radius 2 is 1.19 bits per heavy atom. The molecule has 0 bridgehead atoms. The maximum absolute atomic E-state index is 11.7. The van der Waals surface area contributed by atoms with Crippen molar-refractivity contribution in [3.8, 4) is 0 Å². The highest BCUT2D eigenvalue weighted by atomic mass is 16.5. The van der Waals surface area contributed by atoms with E-state index in [0.717, 1.165) is 45.4 Å². The number of carbonyl (C=O) groups is 1. The number of nitrogens with zero attached hydrogens (tertiary/aromatic N) is 1. The van der Waals surface area contributed by atoms with Crippen LogP contribution in [0.25, 0.3) is 0 Å². The lowest BCUT2D eigenvalue weighted by atomic mass is 10.1. The molecular formula is C26H55NO5. The van der Waals surface area contributed by atoms with E-state index in [1.54, 1.807) is 0 Å². The summed E-state index contributed by atoms with van der Waals surface area (Å²) >= 11 is 0. The van der Waals surface area contributed by atoms with Crippen LogP contribution in [0, 0.1) is 11.8 Å². The van der Waals surface area contributed by atoms with Gasteiger partial charge in [0.2, 0.25) is 5.91 Å². The summed E-state index contributed by atoms with van der Waals surface area (Å²) in [5.41, 5.74) is 0. The predicted octanol–water partition coefficient (Wildman–Crippen LogP) is 5.58. The Labute approximate surface area is 199 Å². The second-order valence-corrected chi connectivity index (χ2v) is 9.72. The second kappa shape index (κ2) is 23.5. The summed E-state index contributed by atoms with van der Waals surface area (Å²) in [6.07, 6.45) is 5.68. The van der Waals surface area contributed by atoms with Crippen LogP contribution in [0.3, 0.4) is 0 Å². The van der Waals surface area contributed by atoms with E-state index in [2.05, 4.69) is 41.5 Å². The van der Waals surface area contributed by atoms with E-state index in [1.807, 2.05) is 25.8 Å². The Bertz CT molecular complexity index is 386. The minimum absolute atomic E-state index is 0.262. The second-order valence-electron chi connectivity index (χ2n) is 9.72. The van der Waals surface area contributed by atoms with Crippen molar-refractivity contribution in [2.24, 2.45) is 11.8 Å². The fourth-order valence-corrected chi connectivity index (χ4v) is 2.56. The normalized spacial score (nSPS) is 11.4. The van der Waals surface area contributed by atoms with Gasteiger partial charge in [-0.15, -0.1) is 0 Å². The molecular weight excluding hydrogens is 406 g/mol. The van der Waals surface area contributed by atoms with Gasteiger partial charge in [-0.2, -0.15) is 0 Å². The number of amides is 1. The number of ether oxygens (including phenoxy) is 4. The molecule has 0 aliphatic rings. The zero-order chi connectivity index (χ0) is 24.8. The molecule has 32 heavy (non-hydrogen) atoms. The van der Waals surface area contributed by atoms with Crippen molar-refractivity contribution in [3.05, 3.63) is 0 Å². The highest BCUT2D eigenvalue weighted by molar-refractivity contribution is 5.75. The fraction of sp³-hybridized carbons (Fsp3) is 0.962. The fourth-order valence-electron chi connectivity index (χ4n) is 2.56. The summed E-state index contributed by atoms with van der Waals surface area (Å²) in [4.78, 5) is 13.5. The lowest BCUT2D eigenvalue weighted by Gasteiger charge is -2.18. The van der Waals surface area contributed by atoms with Crippen molar-refractivity contribution in [1.82, 2.24) is 4.90 Å². The van der Waals surface area contributed by atoms with Crippen LogP contribution in [0.5, 0.6) is 0 Å². The van der Waals surface area contributed by atoms with Crippen molar-refractivity contribution < 1.29 is 23.7 Å². The van der Waals surface area contributed by atoms with Crippen LogP contribution in [-0.4, -0.2) is 76.2 Å². The number of hydrogen-bond acceptors (Lipinski definition) is 5. The Kier molecular flexibility index (Phi) is 24.6. The van der Waals surface area contributed by atoms with Crippen LogP contribution in [-0.2, 0) is 23.7 Å². The van der Waals surface area contributed by atoms with Gasteiger partial charge in [-0.05, 0) is 65.2 Å².